The molecule has 3 rings (SSSR count). The van der Waals surface area contributed by atoms with Crippen molar-refractivity contribution in [3.63, 3.8) is 0 Å². The van der Waals surface area contributed by atoms with Crippen molar-refractivity contribution in [3.8, 4) is 5.69 Å². The molecule has 2 nitrogen and oxygen atoms in total. The van der Waals surface area contributed by atoms with E-state index < -0.39 is 0 Å². The lowest BCUT2D eigenvalue weighted by molar-refractivity contribution is 0.103. The highest BCUT2D eigenvalue weighted by atomic mass is 16.1. The molecule has 0 atom stereocenters. The van der Waals surface area contributed by atoms with E-state index in [1.54, 1.807) is 0 Å². The van der Waals surface area contributed by atoms with E-state index in [-0.39, 0.29) is 5.78 Å². The van der Waals surface area contributed by atoms with Gasteiger partial charge in [0, 0.05) is 29.2 Å². The maximum Gasteiger partial charge on any atom is 0.194 e. The highest BCUT2D eigenvalue weighted by molar-refractivity contribution is 6.08. The fourth-order valence-electron chi connectivity index (χ4n) is 2.24. The fourth-order valence-corrected chi connectivity index (χ4v) is 2.24. The minimum absolute atomic E-state index is 0.0528. The maximum absolute atomic E-state index is 12.3. The number of aryl methyl sites for hydroxylation is 1. The zero-order valence-electron chi connectivity index (χ0n) is 11.3. The summed E-state index contributed by atoms with van der Waals surface area (Å²) in [6.45, 7) is 2.06. The number of benzene rings is 2. The summed E-state index contributed by atoms with van der Waals surface area (Å²) in [5.41, 5.74) is 3.69. The number of ketones is 1. The molecule has 0 aliphatic rings. The Balaban J connectivity index is 1.93. The first kappa shape index (κ1) is 12.4. The molecule has 0 bridgehead atoms. The predicted octanol–water partition coefficient (Wildman–Crippen LogP) is 4.02. The zero-order chi connectivity index (χ0) is 13.9. The number of nitrogens with zero attached hydrogens (tertiary/aromatic N) is 1. The first-order valence-corrected chi connectivity index (χ1v) is 6.59. The van der Waals surface area contributed by atoms with Gasteiger partial charge in [-0.25, -0.2) is 0 Å². The van der Waals surface area contributed by atoms with E-state index in [0.717, 1.165) is 11.3 Å². The van der Waals surface area contributed by atoms with Crippen LogP contribution in [0.4, 0.5) is 0 Å². The number of hydrogen-bond acceptors (Lipinski definition) is 1. The molecule has 0 aliphatic heterocycles. The van der Waals surface area contributed by atoms with Crippen molar-refractivity contribution in [1.82, 2.24) is 4.57 Å². The second-order valence-corrected chi connectivity index (χ2v) is 4.84. The molecule has 0 spiro atoms. The first-order chi connectivity index (χ1) is 9.74. The van der Waals surface area contributed by atoms with Gasteiger partial charge in [0.1, 0.15) is 0 Å². The SMILES string of the molecule is Cc1cccc(-n2ccc(C(=O)c3ccccc3)c2)c1. The Morgan fingerprint density at radius 3 is 2.45 bits per heavy atom. The zero-order valence-corrected chi connectivity index (χ0v) is 11.3. The lowest BCUT2D eigenvalue weighted by atomic mass is 10.1. The molecule has 20 heavy (non-hydrogen) atoms. The van der Waals surface area contributed by atoms with Crippen LogP contribution in [0.25, 0.3) is 5.69 Å². The number of carbonyl (C=O) groups is 1. The van der Waals surface area contributed by atoms with Crippen molar-refractivity contribution in [2.24, 2.45) is 0 Å². The third-order valence-corrected chi connectivity index (χ3v) is 3.29. The monoisotopic (exact) mass is 261 g/mol. The van der Waals surface area contributed by atoms with Crippen molar-refractivity contribution in [3.05, 3.63) is 89.7 Å². The predicted molar refractivity (Wildman–Crippen MR) is 80.4 cm³/mol. The molecule has 1 aromatic heterocycles. The Labute approximate surface area is 118 Å². The van der Waals surface area contributed by atoms with Gasteiger partial charge in [-0.1, -0.05) is 42.5 Å². The molecule has 3 aromatic rings. The standard InChI is InChI=1S/C18H15NO/c1-14-6-5-9-17(12-14)19-11-10-16(13-19)18(20)15-7-3-2-4-8-15/h2-13H,1H3. The average molecular weight is 261 g/mol. The van der Waals surface area contributed by atoms with Gasteiger partial charge in [0.15, 0.2) is 5.78 Å². The smallest absolute Gasteiger partial charge is 0.194 e. The van der Waals surface area contributed by atoms with E-state index >= 15 is 0 Å². The van der Waals surface area contributed by atoms with Crippen LogP contribution in [0.1, 0.15) is 21.5 Å². The van der Waals surface area contributed by atoms with Crippen molar-refractivity contribution in [1.29, 1.82) is 0 Å². The van der Waals surface area contributed by atoms with Gasteiger partial charge in [0.05, 0.1) is 0 Å². The van der Waals surface area contributed by atoms with Gasteiger partial charge in [-0.2, -0.15) is 0 Å². The van der Waals surface area contributed by atoms with Crippen LogP contribution in [-0.2, 0) is 0 Å². The maximum atomic E-state index is 12.3. The van der Waals surface area contributed by atoms with E-state index in [0.29, 0.717) is 5.56 Å². The highest BCUT2D eigenvalue weighted by Crippen LogP contribution is 2.15. The normalized spacial score (nSPS) is 10.4. The summed E-state index contributed by atoms with van der Waals surface area (Å²) in [6.07, 6.45) is 3.80. The second kappa shape index (κ2) is 5.17. The van der Waals surface area contributed by atoms with Crippen LogP contribution in [-0.4, -0.2) is 10.4 Å². The molecule has 0 aliphatic carbocycles. The van der Waals surface area contributed by atoms with Crippen molar-refractivity contribution in [2.45, 2.75) is 6.92 Å². The number of carbonyl (C=O) groups excluding carboxylic acids is 1. The molecule has 0 radical (unpaired) electrons. The third-order valence-electron chi connectivity index (χ3n) is 3.29. The summed E-state index contributed by atoms with van der Waals surface area (Å²) in [5.74, 6) is 0.0528. The van der Waals surface area contributed by atoms with Gasteiger partial charge < -0.3 is 4.57 Å². The third kappa shape index (κ3) is 2.41. The minimum Gasteiger partial charge on any atom is -0.323 e. The molecule has 2 heteroatoms. The van der Waals surface area contributed by atoms with Crippen molar-refractivity contribution >= 4 is 5.78 Å². The number of hydrogen-bond donors (Lipinski definition) is 0. The molecule has 0 amide bonds. The largest absolute Gasteiger partial charge is 0.323 e. The topological polar surface area (TPSA) is 22.0 Å². The molecule has 0 unspecified atom stereocenters. The highest BCUT2D eigenvalue weighted by Gasteiger charge is 2.10. The van der Waals surface area contributed by atoms with E-state index in [9.17, 15) is 4.79 Å². The molecule has 1 heterocycles. The fraction of sp³-hybridized carbons (Fsp3) is 0.0556. The van der Waals surface area contributed by atoms with Crippen LogP contribution in [0.3, 0.4) is 0 Å². The van der Waals surface area contributed by atoms with Crippen LogP contribution in [0.2, 0.25) is 0 Å². The van der Waals surface area contributed by atoms with Crippen LogP contribution < -0.4 is 0 Å². The van der Waals surface area contributed by atoms with Gasteiger partial charge >= 0.3 is 0 Å². The Morgan fingerprint density at radius 1 is 0.900 bits per heavy atom. The average Bonchev–Trinajstić information content (AvgIpc) is 2.97. The van der Waals surface area contributed by atoms with E-state index in [4.69, 9.17) is 0 Å². The molecule has 0 saturated carbocycles. The van der Waals surface area contributed by atoms with Crippen LogP contribution in [0.15, 0.2) is 73.1 Å². The summed E-state index contributed by atoms with van der Waals surface area (Å²) < 4.78 is 1.98. The van der Waals surface area contributed by atoms with Gasteiger partial charge in [-0.05, 0) is 30.7 Å². The van der Waals surface area contributed by atoms with E-state index in [1.165, 1.54) is 5.56 Å². The summed E-state index contributed by atoms with van der Waals surface area (Å²) >= 11 is 0. The molecule has 2 aromatic carbocycles. The number of rotatable bonds is 3. The minimum atomic E-state index is 0.0528. The van der Waals surface area contributed by atoms with Crippen LogP contribution >= 0.6 is 0 Å². The van der Waals surface area contributed by atoms with Gasteiger partial charge in [0.2, 0.25) is 0 Å². The molecular formula is C18H15NO. The van der Waals surface area contributed by atoms with Gasteiger partial charge in [0.25, 0.3) is 0 Å². The Bertz CT molecular complexity index is 741. The Hall–Kier alpha value is -2.61. The molecule has 0 fully saturated rings. The summed E-state index contributed by atoms with van der Waals surface area (Å²) in [5, 5.41) is 0. The number of aromatic nitrogens is 1. The Kier molecular flexibility index (Phi) is 3.21. The summed E-state index contributed by atoms with van der Waals surface area (Å²) in [4.78, 5) is 12.3. The quantitative estimate of drug-likeness (QED) is 0.653. The molecular weight excluding hydrogens is 246 g/mol. The van der Waals surface area contributed by atoms with Crippen LogP contribution in [0.5, 0.6) is 0 Å². The first-order valence-electron chi connectivity index (χ1n) is 6.59. The Morgan fingerprint density at radius 2 is 1.70 bits per heavy atom. The second-order valence-electron chi connectivity index (χ2n) is 4.84. The lowest BCUT2D eigenvalue weighted by Crippen LogP contribution is -1.99. The van der Waals surface area contributed by atoms with Crippen LogP contribution in [0, 0.1) is 6.92 Å². The molecule has 0 N–H and O–H groups in total. The summed E-state index contributed by atoms with van der Waals surface area (Å²) in [7, 11) is 0. The molecule has 98 valence electrons. The van der Waals surface area contributed by atoms with Gasteiger partial charge in [-0.3, -0.25) is 4.79 Å². The van der Waals surface area contributed by atoms with Crippen molar-refractivity contribution < 1.29 is 4.79 Å². The van der Waals surface area contributed by atoms with E-state index in [1.807, 2.05) is 65.5 Å². The van der Waals surface area contributed by atoms with E-state index in [2.05, 4.69) is 19.1 Å². The van der Waals surface area contributed by atoms with Crippen molar-refractivity contribution in [2.75, 3.05) is 0 Å². The summed E-state index contributed by atoms with van der Waals surface area (Å²) in [6, 6.07) is 19.4. The molecule has 0 saturated heterocycles. The van der Waals surface area contributed by atoms with Gasteiger partial charge in [-0.15, -0.1) is 0 Å². The lowest BCUT2D eigenvalue weighted by Gasteiger charge is -2.03.